The van der Waals surface area contributed by atoms with Gasteiger partial charge in [-0.15, -0.1) is 0 Å². The van der Waals surface area contributed by atoms with Crippen LogP contribution in [-0.4, -0.2) is 73.1 Å². The molecule has 0 aromatic heterocycles. The van der Waals surface area contributed by atoms with Crippen molar-refractivity contribution >= 4 is 11.8 Å². The highest BCUT2D eigenvalue weighted by Crippen LogP contribution is 2.47. The summed E-state index contributed by atoms with van der Waals surface area (Å²) in [5.41, 5.74) is 0.486. The number of ether oxygens (including phenoxy) is 2. The molecule has 3 aromatic rings. The van der Waals surface area contributed by atoms with E-state index < -0.39 is 60.7 Å². The van der Waals surface area contributed by atoms with Gasteiger partial charge in [0.05, 0.1) is 23.3 Å². The number of fused-ring (bicyclic) bond motifs is 2. The van der Waals surface area contributed by atoms with Crippen LogP contribution in [0.15, 0.2) is 60.7 Å². The minimum Gasteiger partial charge on any atom is -0.507 e. The summed E-state index contributed by atoms with van der Waals surface area (Å²) in [6, 6.07) is 14.8. The number of phenols is 2. The lowest BCUT2D eigenvalue weighted by atomic mass is 9.71. The molecule has 1 saturated heterocycles. The number of aliphatic hydroxyl groups is 4. The van der Waals surface area contributed by atoms with Gasteiger partial charge in [0.1, 0.15) is 35.9 Å². The average molecular weight is 508 g/mol. The number of carbonyl (C=O) groups excluding carboxylic acids is 2. The fraction of sp³-hybridized carbons (Fsp3) is 0.259. The lowest BCUT2D eigenvalue weighted by molar-refractivity contribution is -0.282. The van der Waals surface area contributed by atoms with Crippen LogP contribution in [0.25, 0.3) is 0 Å². The van der Waals surface area contributed by atoms with E-state index in [0.29, 0.717) is 0 Å². The van der Waals surface area contributed by atoms with Crippen molar-refractivity contribution in [2.24, 2.45) is 0 Å². The Morgan fingerprint density at radius 1 is 0.838 bits per heavy atom. The van der Waals surface area contributed by atoms with Gasteiger partial charge in [-0.1, -0.05) is 36.4 Å². The van der Waals surface area contributed by atoms with Gasteiger partial charge < -0.3 is 40.1 Å². The van der Waals surface area contributed by atoms with Crippen LogP contribution in [0, 0.1) is 0 Å². The van der Waals surface area contributed by atoms with Crippen molar-refractivity contribution in [2.45, 2.75) is 43.2 Å². The normalized spacial score (nSPS) is 26.8. The van der Waals surface area contributed by atoms with E-state index in [4.69, 9.17) is 9.47 Å². The first-order valence-corrected chi connectivity index (χ1v) is 11.5. The molecule has 10 heteroatoms. The molecule has 0 radical (unpaired) electrons. The Balaban J connectivity index is 1.61. The summed E-state index contributed by atoms with van der Waals surface area (Å²) in [5, 5.41) is 63.1. The maximum Gasteiger partial charge on any atom is 0.340 e. The summed E-state index contributed by atoms with van der Waals surface area (Å²) in [6.07, 6.45) is -8.46. The van der Waals surface area contributed by atoms with E-state index >= 15 is 0 Å². The Morgan fingerprint density at radius 2 is 1.54 bits per heavy atom. The topological polar surface area (TPSA) is 174 Å². The number of phenolic OH excluding ortho intramolecular Hbond substituents is 2. The number of esters is 1. The zero-order valence-corrected chi connectivity index (χ0v) is 19.3. The molecule has 3 aromatic carbocycles. The SMILES string of the molecule is O=C(O[C@@H]1O[C@H]([C@@H]2c3cccc(O)c3C(=O)c3c(O)cc(CO)cc32)[C@@H](O)[C@H](O)[C@H]1O)c1ccccc1. The molecule has 6 atom stereocenters. The molecule has 1 fully saturated rings. The molecule has 192 valence electrons. The number of hydrogen-bond acceptors (Lipinski definition) is 10. The Morgan fingerprint density at radius 3 is 2.24 bits per heavy atom. The molecule has 0 saturated carbocycles. The Labute approximate surface area is 210 Å². The summed E-state index contributed by atoms with van der Waals surface area (Å²) in [5.74, 6) is -3.43. The first-order valence-electron chi connectivity index (χ1n) is 11.5. The third kappa shape index (κ3) is 4.14. The maximum absolute atomic E-state index is 13.3. The summed E-state index contributed by atoms with van der Waals surface area (Å²) in [6.45, 7) is -0.471. The lowest BCUT2D eigenvalue weighted by Gasteiger charge is -2.44. The predicted octanol–water partition coefficient (Wildman–Crippen LogP) is 0.931. The Kier molecular flexibility index (Phi) is 6.44. The molecule has 2 aliphatic rings. The molecule has 37 heavy (non-hydrogen) atoms. The quantitative estimate of drug-likeness (QED) is 0.278. The van der Waals surface area contributed by atoms with Gasteiger partial charge in [0, 0.05) is 5.92 Å². The third-order valence-corrected chi connectivity index (χ3v) is 6.76. The van der Waals surface area contributed by atoms with E-state index in [2.05, 4.69) is 0 Å². The van der Waals surface area contributed by atoms with Crippen LogP contribution in [0.2, 0.25) is 0 Å². The van der Waals surface area contributed by atoms with E-state index in [1.165, 1.54) is 42.5 Å². The van der Waals surface area contributed by atoms with Crippen molar-refractivity contribution in [2.75, 3.05) is 0 Å². The number of aliphatic hydroxyl groups excluding tert-OH is 4. The molecule has 0 unspecified atom stereocenters. The smallest absolute Gasteiger partial charge is 0.340 e. The molecular formula is C27H24O10. The van der Waals surface area contributed by atoms with E-state index in [0.717, 1.165) is 0 Å². The summed E-state index contributed by atoms with van der Waals surface area (Å²) in [7, 11) is 0. The van der Waals surface area contributed by atoms with Gasteiger partial charge >= 0.3 is 5.97 Å². The van der Waals surface area contributed by atoms with Crippen molar-refractivity contribution in [3.63, 3.8) is 0 Å². The lowest BCUT2D eigenvalue weighted by Crippen LogP contribution is -2.60. The van der Waals surface area contributed by atoms with Crippen LogP contribution in [0.3, 0.4) is 0 Å². The number of ketones is 1. The molecule has 10 nitrogen and oxygen atoms in total. The van der Waals surface area contributed by atoms with Crippen molar-refractivity contribution in [3.8, 4) is 11.5 Å². The summed E-state index contributed by atoms with van der Waals surface area (Å²) < 4.78 is 11.2. The second-order valence-corrected chi connectivity index (χ2v) is 9.00. The average Bonchev–Trinajstić information content (AvgIpc) is 2.89. The third-order valence-electron chi connectivity index (χ3n) is 6.76. The fourth-order valence-electron chi connectivity index (χ4n) is 5.00. The molecule has 0 bridgehead atoms. The van der Waals surface area contributed by atoms with Gasteiger partial charge in [-0.2, -0.15) is 0 Å². The highest BCUT2D eigenvalue weighted by atomic mass is 16.7. The summed E-state index contributed by atoms with van der Waals surface area (Å²) >= 11 is 0. The Bertz CT molecular complexity index is 1350. The van der Waals surface area contributed by atoms with Crippen molar-refractivity contribution in [1.29, 1.82) is 0 Å². The second kappa shape index (κ2) is 9.58. The summed E-state index contributed by atoms with van der Waals surface area (Å²) in [4.78, 5) is 25.9. The predicted molar refractivity (Wildman–Crippen MR) is 126 cm³/mol. The molecule has 1 heterocycles. The molecular weight excluding hydrogens is 484 g/mol. The van der Waals surface area contributed by atoms with Gasteiger partial charge in [-0.05, 0) is 41.0 Å². The first kappa shape index (κ1) is 24.9. The number of benzene rings is 3. The zero-order valence-electron chi connectivity index (χ0n) is 19.3. The minimum atomic E-state index is -1.82. The van der Waals surface area contributed by atoms with Crippen LogP contribution in [0.4, 0.5) is 0 Å². The Hall–Kier alpha value is -3.80. The van der Waals surface area contributed by atoms with Crippen molar-refractivity contribution < 1.29 is 49.7 Å². The monoisotopic (exact) mass is 508 g/mol. The largest absolute Gasteiger partial charge is 0.507 e. The van der Waals surface area contributed by atoms with Crippen LogP contribution < -0.4 is 0 Å². The maximum atomic E-state index is 13.3. The van der Waals surface area contributed by atoms with E-state index in [1.807, 2.05) is 0 Å². The highest BCUT2D eigenvalue weighted by molar-refractivity contribution is 6.16. The minimum absolute atomic E-state index is 0.138. The van der Waals surface area contributed by atoms with Gasteiger partial charge in [0.15, 0.2) is 0 Å². The van der Waals surface area contributed by atoms with Gasteiger partial charge in [0.2, 0.25) is 12.1 Å². The zero-order chi connectivity index (χ0) is 26.4. The van der Waals surface area contributed by atoms with Crippen LogP contribution in [0.1, 0.15) is 48.9 Å². The van der Waals surface area contributed by atoms with Gasteiger partial charge in [-0.3, -0.25) is 4.79 Å². The second-order valence-electron chi connectivity index (χ2n) is 9.00. The first-order chi connectivity index (χ1) is 17.7. The molecule has 1 aliphatic carbocycles. The van der Waals surface area contributed by atoms with Gasteiger partial charge in [0.25, 0.3) is 0 Å². The van der Waals surface area contributed by atoms with E-state index in [-0.39, 0.29) is 39.1 Å². The number of rotatable bonds is 4. The number of hydrogen-bond donors (Lipinski definition) is 6. The number of carbonyl (C=O) groups is 2. The standard InChI is InChI=1S/C27H24O10/c28-11-12-9-15-18(14-7-4-8-16(29)19(14)21(31)20(15)17(30)10-12)25-23(33)22(32)24(34)27(36-25)37-26(35)13-5-2-1-3-6-13/h1-10,18,22-25,27-30,32-34H,11H2/t18-,22+,23+,24-,25-,27+/m1/s1. The molecule has 6 N–H and O–H groups in total. The molecule has 1 aliphatic heterocycles. The highest BCUT2D eigenvalue weighted by Gasteiger charge is 2.51. The molecule has 0 amide bonds. The van der Waals surface area contributed by atoms with Gasteiger partial charge in [-0.25, -0.2) is 4.79 Å². The van der Waals surface area contributed by atoms with Crippen LogP contribution in [-0.2, 0) is 16.1 Å². The number of aromatic hydroxyl groups is 2. The van der Waals surface area contributed by atoms with Crippen molar-refractivity contribution in [1.82, 2.24) is 0 Å². The molecule has 5 rings (SSSR count). The molecule has 0 spiro atoms. The van der Waals surface area contributed by atoms with E-state index in [1.54, 1.807) is 18.2 Å². The van der Waals surface area contributed by atoms with E-state index in [9.17, 15) is 40.2 Å². The fourth-order valence-corrected chi connectivity index (χ4v) is 5.00. The van der Waals surface area contributed by atoms with Crippen molar-refractivity contribution in [3.05, 3.63) is 94.0 Å². The van der Waals surface area contributed by atoms with Crippen LogP contribution >= 0.6 is 0 Å². The van der Waals surface area contributed by atoms with Crippen LogP contribution in [0.5, 0.6) is 11.5 Å².